The molecule has 0 atom stereocenters. The second-order valence-electron chi connectivity index (χ2n) is 5.68. The van der Waals surface area contributed by atoms with Crippen molar-refractivity contribution in [3.63, 3.8) is 0 Å². The maximum Gasteiger partial charge on any atom is -0.00368 e. The molecule has 0 saturated heterocycles. The third kappa shape index (κ3) is 36.6. The minimum absolute atomic E-state index is 0. The molecule has 8 heteroatoms. The first-order valence-corrected chi connectivity index (χ1v) is 9.24. The summed E-state index contributed by atoms with van der Waals surface area (Å²) in [6.07, 6.45) is 9.29. The van der Waals surface area contributed by atoms with Gasteiger partial charge >= 0.3 is 0 Å². The van der Waals surface area contributed by atoms with Crippen molar-refractivity contribution >= 4 is 49.6 Å². The highest BCUT2D eigenvalue weighted by Crippen LogP contribution is 2.01. The molecule has 0 aliphatic heterocycles. The maximum absolute atomic E-state index is 3.52. The van der Waals surface area contributed by atoms with Crippen LogP contribution in [-0.2, 0) is 0 Å². The van der Waals surface area contributed by atoms with Crippen LogP contribution < -0.4 is 21.3 Å². The molecular weight excluding hydrogens is 402 g/mol. The molecule has 4 N–H and O–H groups in total. The van der Waals surface area contributed by atoms with E-state index in [0.717, 1.165) is 39.3 Å². The number of hydrogen-bond acceptors (Lipinski definition) is 4. The zero-order valence-electron chi connectivity index (χ0n) is 16.2. The van der Waals surface area contributed by atoms with Crippen molar-refractivity contribution in [2.45, 2.75) is 58.8 Å². The summed E-state index contributed by atoms with van der Waals surface area (Å²) in [5.41, 5.74) is 0. The van der Waals surface area contributed by atoms with Gasteiger partial charge in [0.25, 0.3) is 0 Å². The summed E-state index contributed by atoms with van der Waals surface area (Å²) in [6.45, 7) is 13.5. The fourth-order valence-corrected chi connectivity index (χ4v) is 2.31. The fraction of sp³-hybridized carbons (Fsp3) is 1.00. The van der Waals surface area contributed by atoms with Gasteiger partial charge in [0.1, 0.15) is 0 Å². The van der Waals surface area contributed by atoms with E-state index in [1.165, 1.54) is 58.0 Å². The Balaban J connectivity index is -0.000000333. The van der Waals surface area contributed by atoms with Crippen LogP contribution in [0.25, 0.3) is 0 Å². The zero-order chi connectivity index (χ0) is 15.4. The van der Waals surface area contributed by atoms with E-state index >= 15 is 0 Å². The molecule has 0 saturated carbocycles. The summed E-state index contributed by atoms with van der Waals surface area (Å²) in [7, 11) is 0. The lowest BCUT2D eigenvalue weighted by atomic mass is 10.1. The van der Waals surface area contributed by atoms with Gasteiger partial charge in [-0.3, -0.25) is 0 Å². The van der Waals surface area contributed by atoms with E-state index in [9.17, 15) is 0 Å². The third-order valence-electron chi connectivity index (χ3n) is 3.62. The van der Waals surface area contributed by atoms with Crippen LogP contribution in [0.2, 0.25) is 0 Å². The minimum Gasteiger partial charge on any atom is -0.317 e. The van der Waals surface area contributed by atoms with Crippen LogP contribution in [0.3, 0.4) is 0 Å². The van der Waals surface area contributed by atoms with Crippen LogP contribution in [-0.4, -0.2) is 52.4 Å². The average Bonchev–Trinajstić information content (AvgIpc) is 2.50. The summed E-state index contributed by atoms with van der Waals surface area (Å²) in [5.74, 6) is 0. The topological polar surface area (TPSA) is 48.1 Å². The largest absolute Gasteiger partial charge is 0.317 e. The Hall–Kier alpha value is 1.00. The molecule has 0 bridgehead atoms. The molecule has 0 aliphatic carbocycles. The lowest BCUT2D eigenvalue weighted by Gasteiger charge is -2.06. The average molecular weight is 446 g/mol. The van der Waals surface area contributed by atoms with Crippen molar-refractivity contribution in [1.29, 1.82) is 0 Å². The van der Waals surface area contributed by atoms with Crippen LogP contribution in [0.15, 0.2) is 0 Å². The van der Waals surface area contributed by atoms with Crippen LogP contribution in [0.5, 0.6) is 0 Å². The van der Waals surface area contributed by atoms with Crippen molar-refractivity contribution < 1.29 is 0 Å². The zero-order valence-corrected chi connectivity index (χ0v) is 19.5. The summed E-state index contributed by atoms with van der Waals surface area (Å²) in [6, 6.07) is 0. The summed E-state index contributed by atoms with van der Waals surface area (Å²) in [5, 5.41) is 13.7. The van der Waals surface area contributed by atoms with Crippen LogP contribution in [0.1, 0.15) is 58.8 Å². The van der Waals surface area contributed by atoms with Gasteiger partial charge < -0.3 is 21.3 Å². The van der Waals surface area contributed by atoms with Gasteiger partial charge in [-0.25, -0.2) is 0 Å². The molecule has 0 aliphatic rings. The van der Waals surface area contributed by atoms with E-state index in [1.54, 1.807) is 0 Å². The van der Waals surface area contributed by atoms with E-state index in [4.69, 9.17) is 0 Å². The molecule has 0 spiro atoms. The summed E-state index contributed by atoms with van der Waals surface area (Å²) < 4.78 is 0. The van der Waals surface area contributed by atoms with Crippen molar-refractivity contribution in [2.75, 3.05) is 52.4 Å². The van der Waals surface area contributed by atoms with Crippen molar-refractivity contribution in [3.05, 3.63) is 0 Å². The summed E-state index contributed by atoms with van der Waals surface area (Å²) in [4.78, 5) is 0. The maximum atomic E-state index is 3.52. The predicted molar refractivity (Wildman–Crippen MR) is 124 cm³/mol. The highest BCUT2D eigenvalue weighted by molar-refractivity contribution is 5.86. The first-order valence-electron chi connectivity index (χ1n) is 9.24. The van der Waals surface area contributed by atoms with E-state index < -0.39 is 0 Å². The first-order chi connectivity index (χ1) is 10.4. The van der Waals surface area contributed by atoms with Gasteiger partial charge in [-0.1, -0.05) is 33.1 Å². The molecule has 160 valence electrons. The van der Waals surface area contributed by atoms with Gasteiger partial charge in [-0.05, 0) is 78.0 Å². The molecule has 0 rings (SSSR count). The number of halogens is 4. The van der Waals surface area contributed by atoms with Crippen molar-refractivity contribution in [2.24, 2.45) is 0 Å². The van der Waals surface area contributed by atoms with E-state index in [1.807, 2.05) is 0 Å². The van der Waals surface area contributed by atoms with Crippen LogP contribution >= 0.6 is 49.6 Å². The Bertz CT molecular complexity index is 174. The molecule has 25 heavy (non-hydrogen) atoms. The highest BCUT2D eigenvalue weighted by atomic mass is 35.5. The van der Waals surface area contributed by atoms with Crippen molar-refractivity contribution in [3.8, 4) is 0 Å². The standard InChI is InChI=1S/C17H40N4.4ClH/c1-3-18-14-10-16-20-12-8-6-5-7-9-13-21-17-11-15-19-4-2;;;;/h18-21H,3-17H2,1-2H3;4*1H. The van der Waals surface area contributed by atoms with Gasteiger partial charge in [0, 0.05) is 0 Å². The van der Waals surface area contributed by atoms with E-state index in [0.29, 0.717) is 0 Å². The number of nitrogens with one attached hydrogen (secondary N) is 4. The monoisotopic (exact) mass is 444 g/mol. The van der Waals surface area contributed by atoms with Crippen LogP contribution in [0.4, 0.5) is 0 Å². The Morgan fingerprint density at radius 3 is 1.00 bits per heavy atom. The molecular formula is C17H44Cl4N4. The second-order valence-corrected chi connectivity index (χ2v) is 5.68. The third-order valence-corrected chi connectivity index (χ3v) is 3.62. The second kappa shape index (κ2) is 36.0. The minimum atomic E-state index is 0. The van der Waals surface area contributed by atoms with Gasteiger partial charge in [-0.15, -0.1) is 49.6 Å². The molecule has 0 aromatic heterocycles. The molecule has 0 amide bonds. The predicted octanol–water partition coefficient (Wildman–Crippen LogP) is 3.80. The lowest BCUT2D eigenvalue weighted by Crippen LogP contribution is -2.22. The van der Waals surface area contributed by atoms with Crippen LogP contribution in [0, 0.1) is 0 Å². The molecule has 0 aromatic rings. The first kappa shape index (κ1) is 36.8. The van der Waals surface area contributed by atoms with E-state index in [2.05, 4.69) is 35.1 Å². The smallest absolute Gasteiger partial charge is 0.00368 e. The normalized spacial score (nSPS) is 9.36. The SMILES string of the molecule is CCNCCCNCCCCCCCNCCCNCC.Cl.Cl.Cl.Cl. The molecule has 4 nitrogen and oxygen atoms in total. The molecule has 0 aromatic carbocycles. The fourth-order valence-electron chi connectivity index (χ4n) is 2.31. The molecule has 0 heterocycles. The van der Waals surface area contributed by atoms with E-state index in [-0.39, 0.29) is 49.6 Å². The number of rotatable bonds is 18. The number of unbranched alkanes of at least 4 members (excludes halogenated alkanes) is 4. The van der Waals surface area contributed by atoms with Crippen molar-refractivity contribution in [1.82, 2.24) is 21.3 Å². The van der Waals surface area contributed by atoms with Gasteiger partial charge in [0.2, 0.25) is 0 Å². The Morgan fingerprint density at radius 1 is 0.360 bits per heavy atom. The Labute approximate surface area is 181 Å². The molecule has 0 unspecified atom stereocenters. The Kier molecular flexibility index (Phi) is 53.1. The molecule has 0 radical (unpaired) electrons. The van der Waals surface area contributed by atoms with Gasteiger partial charge in [0.15, 0.2) is 0 Å². The van der Waals surface area contributed by atoms with Gasteiger partial charge in [-0.2, -0.15) is 0 Å². The number of hydrogen-bond donors (Lipinski definition) is 4. The lowest BCUT2D eigenvalue weighted by molar-refractivity contribution is 0.540. The Morgan fingerprint density at radius 2 is 0.640 bits per heavy atom. The van der Waals surface area contributed by atoms with Gasteiger partial charge in [0.05, 0.1) is 0 Å². The highest BCUT2D eigenvalue weighted by Gasteiger charge is 1.92. The summed E-state index contributed by atoms with van der Waals surface area (Å²) >= 11 is 0. The molecule has 0 fully saturated rings. The quantitative estimate of drug-likeness (QED) is 0.242.